The topological polar surface area (TPSA) is 48.1 Å². The normalized spacial score (nSPS) is 35.0. The van der Waals surface area contributed by atoms with Gasteiger partial charge in [0.15, 0.2) is 0 Å². The van der Waals surface area contributed by atoms with E-state index in [-0.39, 0.29) is 0 Å². The van der Waals surface area contributed by atoms with E-state index in [0.29, 0.717) is 24.2 Å². The second kappa shape index (κ2) is 10.4. The third kappa shape index (κ3) is 5.86. The lowest BCUT2D eigenvalue weighted by Crippen LogP contribution is -2.52. The van der Waals surface area contributed by atoms with Crippen molar-refractivity contribution in [2.75, 3.05) is 26.2 Å². The van der Waals surface area contributed by atoms with Gasteiger partial charge < -0.3 is 21.3 Å². The largest absolute Gasteiger partial charge is 0.312 e. The maximum Gasteiger partial charge on any atom is 0.0432 e. The van der Waals surface area contributed by atoms with Gasteiger partial charge in [-0.05, 0) is 71.6 Å². The Morgan fingerprint density at radius 1 is 0.870 bits per heavy atom. The number of rotatable bonds is 2. The molecule has 0 spiro atoms. The van der Waals surface area contributed by atoms with Crippen LogP contribution in [0.4, 0.5) is 0 Å². The molecular formula is C19H38N4. The van der Waals surface area contributed by atoms with Gasteiger partial charge in [0, 0.05) is 24.2 Å². The van der Waals surface area contributed by atoms with Crippen LogP contribution in [0.5, 0.6) is 0 Å². The standard InChI is InChI=1S/C19H38N4/c1-4-16-17(5-2)21-12-8-14-23-19-15(3)9-6-10-18(19)22-13-7-11-20-16/h9,16-23H,4-8,10-14H2,1-3H3. The number of nitrogens with one attached hydrogen (secondary N) is 4. The summed E-state index contributed by atoms with van der Waals surface area (Å²) in [5.74, 6) is 0. The zero-order valence-electron chi connectivity index (χ0n) is 15.5. The summed E-state index contributed by atoms with van der Waals surface area (Å²) >= 11 is 0. The van der Waals surface area contributed by atoms with E-state index in [0.717, 1.165) is 26.2 Å². The molecule has 0 aromatic heterocycles. The smallest absolute Gasteiger partial charge is 0.0432 e. The Hall–Kier alpha value is -0.420. The van der Waals surface area contributed by atoms with Crippen molar-refractivity contribution >= 4 is 0 Å². The number of hydrogen-bond donors (Lipinski definition) is 4. The van der Waals surface area contributed by atoms with E-state index in [1.807, 2.05) is 0 Å². The molecule has 1 saturated heterocycles. The van der Waals surface area contributed by atoms with Crippen molar-refractivity contribution in [3.63, 3.8) is 0 Å². The summed E-state index contributed by atoms with van der Waals surface area (Å²) in [6.45, 7) is 11.3. The highest BCUT2D eigenvalue weighted by atomic mass is 15.1. The van der Waals surface area contributed by atoms with Crippen molar-refractivity contribution in [1.82, 2.24) is 21.3 Å². The fourth-order valence-electron chi connectivity index (χ4n) is 4.06. The van der Waals surface area contributed by atoms with Gasteiger partial charge >= 0.3 is 0 Å². The Bertz CT molecular complexity index is 355. The monoisotopic (exact) mass is 322 g/mol. The zero-order valence-corrected chi connectivity index (χ0v) is 15.5. The summed E-state index contributed by atoms with van der Waals surface area (Å²) < 4.78 is 0. The highest BCUT2D eigenvalue weighted by molar-refractivity contribution is 5.15. The van der Waals surface area contributed by atoms with Gasteiger partial charge in [0.1, 0.15) is 0 Å². The Balaban J connectivity index is 1.92. The van der Waals surface area contributed by atoms with Crippen LogP contribution in [0.3, 0.4) is 0 Å². The van der Waals surface area contributed by atoms with Crippen LogP contribution in [-0.4, -0.2) is 50.3 Å². The summed E-state index contributed by atoms with van der Waals surface area (Å²) in [5, 5.41) is 15.2. The Kier molecular flexibility index (Phi) is 8.59. The van der Waals surface area contributed by atoms with Gasteiger partial charge in [-0.3, -0.25) is 0 Å². The summed E-state index contributed by atoms with van der Waals surface area (Å²) in [7, 11) is 0. The highest BCUT2D eigenvalue weighted by Gasteiger charge is 2.25. The summed E-state index contributed by atoms with van der Waals surface area (Å²) in [6, 6.07) is 2.31. The number of allylic oxidation sites excluding steroid dienone is 1. The first-order valence-electron chi connectivity index (χ1n) is 9.86. The molecule has 0 bridgehead atoms. The molecule has 23 heavy (non-hydrogen) atoms. The van der Waals surface area contributed by atoms with Crippen molar-refractivity contribution in [3.8, 4) is 0 Å². The predicted molar refractivity (Wildman–Crippen MR) is 100.0 cm³/mol. The van der Waals surface area contributed by atoms with Gasteiger partial charge in [0.25, 0.3) is 0 Å². The lowest BCUT2D eigenvalue weighted by molar-refractivity contribution is 0.326. The molecule has 0 saturated carbocycles. The second-order valence-corrected chi connectivity index (χ2v) is 7.16. The van der Waals surface area contributed by atoms with Gasteiger partial charge in [-0.1, -0.05) is 25.5 Å². The van der Waals surface area contributed by atoms with E-state index >= 15 is 0 Å². The molecule has 134 valence electrons. The Labute approximate surface area is 143 Å². The molecule has 1 heterocycles. The third-order valence-corrected chi connectivity index (χ3v) is 5.49. The SMILES string of the molecule is CCC1NCCCNC2CCC=C(C)C2NCCCNC1CC. The quantitative estimate of drug-likeness (QED) is 0.589. The average Bonchev–Trinajstić information content (AvgIpc) is 2.56. The molecule has 4 unspecified atom stereocenters. The molecule has 1 aliphatic carbocycles. The lowest BCUT2D eigenvalue weighted by Gasteiger charge is -2.34. The third-order valence-electron chi connectivity index (χ3n) is 5.49. The van der Waals surface area contributed by atoms with Gasteiger partial charge in [-0.2, -0.15) is 0 Å². The summed E-state index contributed by atoms with van der Waals surface area (Å²) in [6.07, 6.45) is 9.70. The van der Waals surface area contributed by atoms with Gasteiger partial charge in [-0.15, -0.1) is 0 Å². The average molecular weight is 323 g/mol. The van der Waals surface area contributed by atoms with Crippen molar-refractivity contribution in [2.24, 2.45) is 0 Å². The van der Waals surface area contributed by atoms with E-state index in [2.05, 4.69) is 48.1 Å². The summed E-state index contributed by atoms with van der Waals surface area (Å²) in [5.41, 5.74) is 1.52. The second-order valence-electron chi connectivity index (χ2n) is 7.16. The fourth-order valence-corrected chi connectivity index (χ4v) is 4.06. The van der Waals surface area contributed by atoms with Crippen molar-refractivity contribution in [2.45, 2.75) is 83.5 Å². The molecule has 1 aliphatic heterocycles. The molecule has 0 amide bonds. The number of hydrogen-bond acceptors (Lipinski definition) is 4. The lowest BCUT2D eigenvalue weighted by atomic mass is 9.90. The molecule has 0 radical (unpaired) electrons. The van der Waals surface area contributed by atoms with Crippen LogP contribution in [0.25, 0.3) is 0 Å². The molecule has 4 nitrogen and oxygen atoms in total. The highest BCUT2D eigenvalue weighted by Crippen LogP contribution is 2.19. The minimum Gasteiger partial charge on any atom is -0.312 e. The predicted octanol–water partition coefficient (Wildman–Crippen LogP) is 2.17. The van der Waals surface area contributed by atoms with Gasteiger partial charge in [0.2, 0.25) is 0 Å². The molecule has 4 atom stereocenters. The molecule has 4 N–H and O–H groups in total. The first-order valence-corrected chi connectivity index (χ1v) is 9.86. The molecule has 1 fully saturated rings. The van der Waals surface area contributed by atoms with Crippen LogP contribution in [-0.2, 0) is 0 Å². The van der Waals surface area contributed by atoms with Crippen LogP contribution in [0, 0.1) is 0 Å². The zero-order chi connectivity index (χ0) is 16.5. The van der Waals surface area contributed by atoms with Crippen LogP contribution < -0.4 is 21.3 Å². The van der Waals surface area contributed by atoms with E-state index in [9.17, 15) is 0 Å². The minimum absolute atomic E-state index is 0.519. The number of fused-ring (bicyclic) bond motifs is 1. The Morgan fingerprint density at radius 3 is 2.04 bits per heavy atom. The van der Waals surface area contributed by atoms with Crippen molar-refractivity contribution in [1.29, 1.82) is 0 Å². The first-order chi connectivity index (χ1) is 11.3. The first kappa shape index (κ1) is 18.9. The fraction of sp³-hybridized carbons (Fsp3) is 0.895. The van der Waals surface area contributed by atoms with Gasteiger partial charge in [-0.25, -0.2) is 0 Å². The Morgan fingerprint density at radius 2 is 1.43 bits per heavy atom. The van der Waals surface area contributed by atoms with Crippen LogP contribution in [0.15, 0.2) is 11.6 Å². The molecule has 0 aromatic rings. The van der Waals surface area contributed by atoms with E-state index in [4.69, 9.17) is 0 Å². The van der Waals surface area contributed by atoms with Crippen LogP contribution in [0.1, 0.15) is 59.3 Å². The maximum atomic E-state index is 3.81. The van der Waals surface area contributed by atoms with Gasteiger partial charge in [0.05, 0.1) is 0 Å². The van der Waals surface area contributed by atoms with E-state index < -0.39 is 0 Å². The van der Waals surface area contributed by atoms with E-state index in [1.54, 1.807) is 0 Å². The van der Waals surface area contributed by atoms with E-state index in [1.165, 1.54) is 44.1 Å². The molecule has 4 heteroatoms. The molecule has 2 aliphatic rings. The van der Waals surface area contributed by atoms with Crippen molar-refractivity contribution < 1.29 is 0 Å². The molecule has 2 rings (SSSR count). The van der Waals surface area contributed by atoms with Crippen LogP contribution in [0.2, 0.25) is 0 Å². The van der Waals surface area contributed by atoms with Crippen molar-refractivity contribution in [3.05, 3.63) is 11.6 Å². The van der Waals surface area contributed by atoms with Crippen LogP contribution >= 0.6 is 0 Å². The summed E-state index contributed by atoms with van der Waals surface area (Å²) in [4.78, 5) is 0. The molecular weight excluding hydrogens is 284 g/mol. The molecule has 0 aromatic carbocycles. The minimum atomic E-state index is 0.519. The maximum absolute atomic E-state index is 3.81.